The molecule has 110 valence electrons. The van der Waals surface area contributed by atoms with Crippen molar-refractivity contribution in [2.24, 2.45) is 0 Å². The maximum absolute atomic E-state index is 5.99. The van der Waals surface area contributed by atoms with Crippen LogP contribution in [0.25, 0.3) is 16.6 Å². The van der Waals surface area contributed by atoms with E-state index in [2.05, 4.69) is 57.9 Å². The number of rotatable bonds is 3. The van der Waals surface area contributed by atoms with Gasteiger partial charge in [-0.2, -0.15) is 0 Å². The highest BCUT2D eigenvalue weighted by atomic mass is 35.5. The molecular formula is C16H12ClN3S2. The molecule has 0 bridgehead atoms. The molecule has 6 heteroatoms. The molecule has 1 aromatic carbocycles. The molecule has 4 aromatic rings. The molecule has 0 fully saturated rings. The summed E-state index contributed by atoms with van der Waals surface area (Å²) < 4.78 is 2.95. The number of nitrogens with zero attached hydrogens (tertiary/aromatic N) is 3. The Bertz CT molecular complexity index is 974. The highest BCUT2D eigenvalue weighted by Crippen LogP contribution is 2.30. The summed E-state index contributed by atoms with van der Waals surface area (Å²) in [6.07, 6.45) is 0. The fraction of sp³-hybridized carbons (Fsp3) is 0.125. The van der Waals surface area contributed by atoms with Gasteiger partial charge in [0.05, 0.1) is 9.85 Å². The Morgan fingerprint density at radius 1 is 1.18 bits per heavy atom. The van der Waals surface area contributed by atoms with E-state index in [1.165, 1.54) is 15.8 Å². The van der Waals surface area contributed by atoms with Crippen LogP contribution in [-0.4, -0.2) is 14.6 Å². The van der Waals surface area contributed by atoms with Gasteiger partial charge in [-0.3, -0.25) is 4.40 Å². The van der Waals surface area contributed by atoms with Crippen molar-refractivity contribution in [3.05, 3.63) is 57.2 Å². The summed E-state index contributed by atoms with van der Waals surface area (Å²) in [6, 6.07) is 14.4. The number of benzene rings is 1. The van der Waals surface area contributed by atoms with E-state index in [0.29, 0.717) is 0 Å². The van der Waals surface area contributed by atoms with E-state index >= 15 is 0 Å². The van der Waals surface area contributed by atoms with E-state index in [4.69, 9.17) is 11.6 Å². The van der Waals surface area contributed by atoms with E-state index in [1.807, 2.05) is 6.07 Å². The molecule has 0 aliphatic carbocycles. The summed E-state index contributed by atoms with van der Waals surface area (Å²) in [6.45, 7) is 2.11. The van der Waals surface area contributed by atoms with E-state index in [-0.39, 0.29) is 0 Å². The van der Waals surface area contributed by atoms with Gasteiger partial charge in [0.2, 0.25) is 0 Å². The Kier molecular flexibility index (Phi) is 3.56. The van der Waals surface area contributed by atoms with Crippen LogP contribution in [0.4, 0.5) is 0 Å². The van der Waals surface area contributed by atoms with E-state index in [9.17, 15) is 0 Å². The Balaban J connectivity index is 1.79. The normalized spacial score (nSPS) is 11.5. The maximum atomic E-state index is 5.99. The second-order valence-corrected chi connectivity index (χ2v) is 7.76. The van der Waals surface area contributed by atoms with Crippen molar-refractivity contribution in [2.45, 2.75) is 17.8 Å². The SMILES string of the molecule is Cc1cc2nnc(SCc3ccc(Cl)s3)n2c2ccccc12. The molecule has 0 amide bonds. The predicted molar refractivity (Wildman–Crippen MR) is 94.1 cm³/mol. The zero-order valence-electron chi connectivity index (χ0n) is 11.8. The Labute approximate surface area is 140 Å². The van der Waals surface area contributed by atoms with Gasteiger partial charge < -0.3 is 0 Å². The maximum Gasteiger partial charge on any atom is 0.196 e. The van der Waals surface area contributed by atoms with Crippen molar-refractivity contribution in [1.82, 2.24) is 14.6 Å². The summed E-state index contributed by atoms with van der Waals surface area (Å²) >= 11 is 9.28. The molecule has 0 N–H and O–H groups in total. The van der Waals surface area contributed by atoms with E-state index < -0.39 is 0 Å². The summed E-state index contributed by atoms with van der Waals surface area (Å²) in [5, 5.41) is 10.8. The van der Waals surface area contributed by atoms with Gasteiger partial charge in [-0.25, -0.2) is 0 Å². The molecule has 0 atom stereocenters. The molecule has 3 nitrogen and oxygen atoms in total. The lowest BCUT2D eigenvalue weighted by molar-refractivity contribution is 0.940. The Hall–Kier alpha value is -1.56. The second-order valence-electron chi connectivity index (χ2n) is 5.02. The molecule has 0 aliphatic rings. The van der Waals surface area contributed by atoms with Crippen LogP contribution in [0.15, 0.2) is 47.6 Å². The molecule has 0 saturated carbocycles. The minimum atomic E-state index is 0.822. The van der Waals surface area contributed by atoms with E-state index in [1.54, 1.807) is 23.1 Å². The molecule has 0 unspecified atom stereocenters. The molecule has 0 radical (unpaired) electrons. The number of hydrogen-bond donors (Lipinski definition) is 0. The smallest absolute Gasteiger partial charge is 0.196 e. The third kappa shape index (κ3) is 2.39. The summed E-state index contributed by atoms with van der Waals surface area (Å²) in [7, 11) is 0. The lowest BCUT2D eigenvalue weighted by Gasteiger charge is -2.06. The summed E-state index contributed by atoms with van der Waals surface area (Å²) in [5.41, 5.74) is 3.26. The highest BCUT2D eigenvalue weighted by molar-refractivity contribution is 7.98. The number of thiophene rings is 1. The Morgan fingerprint density at radius 2 is 2.05 bits per heavy atom. The van der Waals surface area contributed by atoms with Crippen molar-refractivity contribution in [3.63, 3.8) is 0 Å². The molecule has 0 aliphatic heterocycles. The fourth-order valence-corrected chi connectivity index (χ4v) is 4.62. The zero-order chi connectivity index (χ0) is 15.1. The monoisotopic (exact) mass is 345 g/mol. The average molecular weight is 346 g/mol. The van der Waals surface area contributed by atoms with Gasteiger partial charge in [-0.05, 0) is 36.8 Å². The largest absolute Gasteiger partial charge is 0.270 e. The summed E-state index contributed by atoms with van der Waals surface area (Å²) in [4.78, 5) is 1.24. The molecule has 22 heavy (non-hydrogen) atoms. The van der Waals surface area contributed by atoms with Crippen LogP contribution < -0.4 is 0 Å². The number of pyridine rings is 1. The van der Waals surface area contributed by atoms with Gasteiger partial charge in [-0.1, -0.05) is 41.6 Å². The van der Waals surface area contributed by atoms with Crippen LogP contribution in [0.1, 0.15) is 10.4 Å². The number of halogens is 1. The quantitative estimate of drug-likeness (QED) is 0.478. The average Bonchev–Trinajstić information content (AvgIpc) is 3.12. The molecule has 4 rings (SSSR count). The number of aryl methyl sites for hydroxylation is 1. The van der Waals surface area contributed by atoms with Crippen LogP contribution in [-0.2, 0) is 5.75 Å². The van der Waals surface area contributed by atoms with Crippen molar-refractivity contribution in [1.29, 1.82) is 0 Å². The van der Waals surface area contributed by atoms with Crippen molar-refractivity contribution < 1.29 is 0 Å². The number of fused-ring (bicyclic) bond motifs is 3. The summed E-state index contributed by atoms with van der Waals surface area (Å²) in [5.74, 6) is 0.848. The molecule has 0 spiro atoms. The van der Waals surface area contributed by atoms with Crippen molar-refractivity contribution in [2.75, 3.05) is 0 Å². The van der Waals surface area contributed by atoms with Crippen LogP contribution >= 0.6 is 34.7 Å². The fourth-order valence-electron chi connectivity index (χ4n) is 2.53. The number of hydrogen-bond acceptors (Lipinski definition) is 4. The van der Waals surface area contributed by atoms with Crippen LogP contribution in [0.3, 0.4) is 0 Å². The Morgan fingerprint density at radius 3 is 2.86 bits per heavy atom. The predicted octanol–water partition coefficient (Wildman–Crippen LogP) is 5.20. The number of para-hydroxylation sites is 1. The molecular weight excluding hydrogens is 334 g/mol. The molecule has 3 aromatic heterocycles. The van der Waals surface area contributed by atoms with Crippen molar-refractivity contribution in [3.8, 4) is 0 Å². The second kappa shape index (κ2) is 5.57. The first-order valence-corrected chi connectivity index (χ1v) is 9.01. The van der Waals surface area contributed by atoms with Gasteiger partial charge in [0.15, 0.2) is 10.8 Å². The van der Waals surface area contributed by atoms with Gasteiger partial charge in [0.1, 0.15) is 0 Å². The third-order valence-electron chi connectivity index (χ3n) is 3.55. The van der Waals surface area contributed by atoms with Crippen LogP contribution in [0.2, 0.25) is 4.34 Å². The first-order valence-electron chi connectivity index (χ1n) is 6.83. The van der Waals surface area contributed by atoms with Gasteiger partial charge in [0, 0.05) is 16.0 Å². The standard InChI is InChI=1S/C16H12ClN3S2/c1-10-8-15-18-19-16(21-9-11-6-7-14(17)22-11)20(15)13-5-3-2-4-12(10)13/h2-8H,9H2,1H3. The van der Waals surface area contributed by atoms with Crippen molar-refractivity contribution >= 4 is 51.2 Å². The lowest BCUT2D eigenvalue weighted by Crippen LogP contribution is -1.93. The van der Waals surface area contributed by atoms with Crippen LogP contribution in [0.5, 0.6) is 0 Å². The first-order chi connectivity index (χ1) is 10.7. The first kappa shape index (κ1) is 14.1. The molecule has 3 heterocycles. The van der Waals surface area contributed by atoms with Gasteiger partial charge in [-0.15, -0.1) is 21.5 Å². The van der Waals surface area contributed by atoms with Gasteiger partial charge >= 0.3 is 0 Å². The van der Waals surface area contributed by atoms with Crippen LogP contribution in [0, 0.1) is 6.92 Å². The molecule has 0 saturated heterocycles. The number of thioether (sulfide) groups is 1. The van der Waals surface area contributed by atoms with E-state index in [0.717, 1.165) is 26.4 Å². The number of aromatic nitrogens is 3. The highest BCUT2D eigenvalue weighted by Gasteiger charge is 2.11. The lowest BCUT2D eigenvalue weighted by atomic mass is 10.1. The minimum Gasteiger partial charge on any atom is -0.270 e. The zero-order valence-corrected chi connectivity index (χ0v) is 14.2. The third-order valence-corrected chi connectivity index (χ3v) is 5.94. The van der Waals surface area contributed by atoms with Gasteiger partial charge in [0.25, 0.3) is 0 Å². The topological polar surface area (TPSA) is 30.2 Å². The minimum absolute atomic E-state index is 0.822.